The molecule has 0 radical (unpaired) electrons. The Morgan fingerprint density at radius 3 is 2.55 bits per heavy atom. The van der Waals surface area contributed by atoms with Gasteiger partial charge in [0.15, 0.2) is 0 Å². The number of nitrogens with zero attached hydrogens (tertiary/aromatic N) is 1. The Bertz CT molecular complexity index is 1180. The number of aromatic amines is 1. The number of aromatic nitrogens is 1. The Balaban J connectivity index is 1.57. The summed E-state index contributed by atoms with van der Waals surface area (Å²) in [5.74, 6) is -0.266. The maximum Gasteiger partial charge on any atom is 0.255 e. The first-order chi connectivity index (χ1) is 13.9. The van der Waals surface area contributed by atoms with Crippen molar-refractivity contribution in [2.75, 3.05) is 18.4 Å². The Morgan fingerprint density at radius 2 is 1.79 bits per heavy atom. The van der Waals surface area contributed by atoms with Crippen LogP contribution in [0.5, 0.6) is 0 Å². The highest BCUT2D eigenvalue weighted by molar-refractivity contribution is 7.89. The molecule has 0 unspecified atom stereocenters. The van der Waals surface area contributed by atoms with Crippen molar-refractivity contribution in [1.82, 2.24) is 9.29 Å². The van der Waals surface area contributed by atoms with Crippen LogP contribution in [0.25, 0.3) is 10.9 Å². The first-order valence-electron chi connectivity index (χ1n) is 9.87. The Labute approximate surface area is 171 Å². The SMILES string of the molecule is Cc1[nH]c2ccc(C(=O)Nc3cccc(S(=O)(=O)N4CCCCC4)c3)cc2c1C. The number of sulfonamides is 1. The minimum absolute atomic E-state index is 0.213. The van der Waals surface area contributed by atoms with Gasteiger partial charge in [0, 0.05) is 40.9 Å². The van der Waals surface area contributed by atoms with Crippen LogP contribution in [0.1, 0.15) is 40.9 Å². The molecule has 152 valence electrons. The van der Waals surface area contributed by atoms with Gasteiger partial charge in [-0.05, 0) is 68.7 Å². The first kappa shape index (κ1) is 19.7. The van der Waals surface area contributed by atoms with Gasteiger partial charge >= 0.3 is 0 Å². The summed E-state index contributed by atoms with van der Waals surface area (Å²) in [5.41, 5.74) is 4.18. The number of piperidine rings is 1. The lowest BCUT2D eigenvalue weighted by Gasteiger charge is -2.26. The lowest BCUT2D eigenvalue weighted by molar-refractivity contribution is 0.102. The van der Waals surface area contributed by atoms with E-state index in [9.17, 15) is 13.2 Å². The molecule has 4 rings (SSSR count). The number of carbonyl (C=O) groups is 1. The number of carbonyl (C=O) groups excluding carboxylic acids is 1. The largest absolute Gasteiger partial charge is 0.358 e. The third-order valence-corrected chi connectivity index (χ3v) is 7.51. The van der Waals surface area contributed by atoms with Gasteiger partial charge in [-0.1, -0.05) is 12.5 Å². The molecule has 6 nitrogen and oxygen atoms in total. The third-order valence-electron chi connectivity index (χ3n) is 5.62. The van der Waals surface area contributed by atoms with Crippen molar-refractivity contribution < 1.29 is 13.2 Å². The predicted octanol–water partition coefficient (Wildman–Crippen LogP) is 4.21. The lowest BCUT2D eigenvalue weighted by Crippen LogP contribution is -2.35. The van der Waals surface area contributed by atoms with Crippen LogP contribution in [0.4, 0.5) is 5.69 Å². The normalized spacial score (nSPS) is 15.5. The molecule has 0 saturated carbocycles. The zero-order valence-corrected chi connectivity index (χ0v) is 17.5. The summed E-state index contributed by atoms with van der Waals surface area (Å²) in [6.45, 7) is 5.12. The minimum atomic E-state index is -3.54. The van der Waals surface area contributed by atoms with Crippen molar-refractivity contribution in [3.63, 3.8) is 0 Å². The molecular weight excluding hydrogens is 386 g/mol. The third kappa shape index (κ3) is 3.80. The highest BCUT2D eigenvalue weighted by Gasteiger charge is 2.26. The maximum absolute atomic E-state index is 12.9. The van der Waals surface area contributed by atoms with E-state index in [0.717, 1.165) is 41.4 Å². The number of aryl methyl sites for hydroxylation is 2. The van der Waals surface area contributed by atoms with E-state index >= 15 is 0 Å². The fraction of sp³-hybridized carbons (Fsp3) is 0.318. The van der Waals surface area contributed by atoms with Crippen LogP contribution >= 0.6 is 0 Å². The van der Waals surface area contributed by atoms with E-state index in [0.29, 0.717) is 24.3 Å². The fourth-order valence-electron chi connectivity index (χ4n) is 3.79. The van der Waals surface area contributed by atoms with Gasteiger partial charge in [-0.2, -0.15) is 4.31 Å². The molecule has 1 fully saturated rings. The van der Waals surface area contributed by atoms with Gasteiger partial charge in [0.2, 0.25) is 10.0 Å². The van der Waals surface area contributed by atoms with E-state index in [1.807, 2.05) is 26.0 Å². The van der Waals surface area contributed by atoms with Crippen LogP contribution < -0.4 is 5.32 Å². The van der Waals surface area contributed by atoms with E-state index in [1.54, 1.807) is 24.3 Å². The maximum atomic E-state index is 12.9. The zero-order valence-electron chi connectivity index (χ0n) is 16.7. The molecule has 3 aromatic rings. The predicted molar refractivity (Wildman–Crippen MR) is 115 cm³/mol. The van der Waals surface area contributed by atoms with Gasteiger partial charge in [0.05, 0.1) is 4.90 Å². The molecule has 1 saturated heterocycles. The summed E-state index contributed by atoms with van der Waals surface area (Å²) in [6, 6.07) is 12.0. The monoisotopic (exact) mass is 411 g/mol. The van der Waals surface area contributed by atoms with Crippen molar-refractivity contribution >= 4 is 32.5 Å². The fourth-order valence-corrected chi connectivity index (χ4v) is 5.36. The number of nitrogens with one attached hydrogen (secondary N) is 2. The molecule has 1 aliphatic heterocycles. The topological polar surface area (TPSA) is 82.3 Å². The molecule has 1 amide bonds. The molecule has 2 aromatic carbocycles. The van der Waals surface area contributed by atoms with Gasteiger partial charge in [-0.3, -0.25) is 4.79 Å². The number of benzene rings is 2. The van der Waals surface area contributed by atoms with E-state index in [1.165, 1.54) is 10.4 Å². The second-order valence-electron chi connectivity index (χ2n) is 7.58. The van der Waals surface area contributed by atoms with Crippen molar-refractivity contribution in [1.29, 1.82) is 0 Å². The van der Waals surface area contributed by atoms with E-state index in [2.05, 4.69) is 10.3 Å². The molecule has 7 heteroatoms. The van der Waals surface area contributed by atoms with Crippen molar-refractivity contribution in [3.8, 4) is 0 Å². The van der Waals surface area contributed by atoms with Gasteiger partial charge in [-0.15, -0.1) is 0 Å². The molecule has 1 aliphatic rings. The molecule has 1 aromatic heterocycles. The van der Waals surface area contributed by atoms with Crippen LogP contribution in [0.3, 0.4) is 0 Å². The standard InChI is InChI=1S/C22H25N3O3S/c1-15-16(2)23-21-10-9-17(13-20(15)21)22(26)24-18-7-6-8-19(14-18)29(27,28)25-11-4-3-5-12-25/h6-10,13-14,23H,3-5,11-12H2,1-2H3,(H,24,26). The van der Waals surface area contributed by atoms with Crippen LogP contribution in [0, 0.1) is 13.8 Å². The van der Waals surface area contributed by atoms with Crippen molar-refractivity contribution in [2.45, 2.75) is 38.0 Å². The number of anilines is 1. The second kappa shape index (κ2) is 7.65. The summed E-state index contributed by atoms with van der Waals surface area (Å²) in [7, 11) is -3.54. The lowest BCUT2D eigenvalue weighted by atomic mass is 10.1. The highest BCUT2D eigenvalue weighted by atomic mass is 32.2. The van der Waals surface area contributed by atoms with Gasteiger partial charge in [0.1, 0.15) is 0 Å². The number of amides is 1. The van der Waals surface area contributed by atoms with E-state index < -0.39 is 10.0 Å². The van der Waals surface area contributed by atoms with Crippen molar-refractivity contribution in [3.05, 3.63) is 59.3 Å². The van der Waals surface area contributed by atoms with E-state index in [-0.39, 0.29) is 10.8 Å². The summed E-state index contributed by atoms with van der Waals surface area (Å²) < 4.78 is 27.3. The van der Waals surface area contributed by atoms with Gasteiger partial charge in [-0.25, -0.2) is 8.42 Å². The van der Waals surface area contributed by atoms with Crippen LogP contribution in [0.2, 0.25) is 0 Å². The quantitative estimate of drug-likeness (QED) is 0.675. The molecule has 0 spiro atoms. The van der Waals surface area contributed by atoms with Crippen LogP contribution in [0.15, 0.2) is 47.4 Å². The minimum Gasteiger partial charge on any atom is -0.358 e. The number of H-pyrrole nitrogens is 1. The Hall–Kier alpha value is -2.64. The molecular formula is C22H25N3O3S. The molecule has 0 bridgehead atoms. The number of fused-ring (bicyclic) bond motifs is 1. The van der Waals surface area contributed by atoms with Gasteiger partial charge < -0.3 is 10.3 Å². The highest BCUT2D eigenvalue weighted by Crippen LogP contribution is 2.25. The number of hydrogen-bond donors (Lipinski definition) is 2. The molecule has 2 N–H and O–H groups in total. The van der Waals surface area contributed by atoms with Crippen molar-refractivity contribution in [2.24, 2.45) is 0 Å². The zero-order chi connectivity index (χ0) is 20.6. The molecule has 2 heterocycles. The summed E-state index contributed by atoms with van der Waals surface area (Å²) in [5, 5.41) is 3.84. The average molecular weight is 412 g/mol. The second-order valence-corrected chi connectivity index (χ2v) is 9.52. The number of hydrogen-bond acceptors (Lipinski definition) is 3. The van der Waals surface area contributed by atoms with E-state index in [4.69, 9.17) is 0 Å². The molecule has 0 atom stereocenters. The van der Waals surface area contributed by atoms with Crippen LogP contribution in [-0.2, 0) is 10.0 Å². The average Bonchev–Trinajstić information content (AvgIpc) is 3.02. The van der Waals surface area contributed by atoms with Crippen LogP contribution in [-0.4, -0.2) is 36.7 Å². The summed E-state index contributed by atoms with van der Waals surface area (Å²) in [4.78, 5) is 16.3. The Morgan fingerprint density at radius 1 is 1.03 bits per heavy atom. The summed E-state index contributed by atoms with van der Waals surface area (Å²) >= 11 is 0. The van der Waals surface area contributed by atoms with Gasteiger partial charge in [0.25, 0.3) is 5.91 Å². The molecule has 0 aliphatic carbocycles. The Kier molecular flexibility index (Phi) is 5.19. The first-order valence-corrected chi connectivity index (χ1v) is 11.3. The number of rotatable bonds is 4. The molecule has 29 heavy (non-hydrogen) atoms. The summed E-state index contributed by atoms with van der Waals surface area (Å²) in [6.07, 6.45) is 2.83. The smallest absolute Gasteiger partial charge is 0.255 e.